The fourth-order valence-electron chi connectivity index (χ4n) is 3.37. The molecule has 3 rings (SSSR count). The Morgan fingerprint density at radius 1 is 1.10 bits per heavy atom. The number of carbonyl (C=O) groups excluding carboxylic acids is 1. The van der Waals surface area contributed by atoms with Crippen LogP contribution in [0.5, 0.6) is 0 Å². The first kappa shape index (κ1) is 21.5. The van der Waals surface area contributed by atoms with Crippen LogP contribution in [0.4, 0.5) is 0 Å². The van der Waals surface area contributed by atoms with Crippen molar-refractivity contribution in [3.05, 3.63) is 53.5 Å². The van der Waals surface area contributed by atoms with Gasteiger partial charge >= 0.3 is 5.97 Å². The number of nitrogens with zero attached hydrogens (tertiary/aromatic N) is 2. The van der Waals surface area contributed by atoms with Gasteiger partial charge in [-0.3, -0.25) is 4.90 Å². The number of hydrogen-bond acceptors (Lipinski definition) is 6. The van der Waals surface area contributed by atoms with E-state index in [-0.39, 0.29) is 5.76 Å². The SMILES string of the molecule is CC[C@H](C)c1ccc(S(=O)(=O)N2CCN(Cc3ccc(C(=O)OC)o3)CC2)cc1. The molecule has 1 aliphatic rings. The number of esters is 1. The van der Waals surface area contributed by atoms with Crippen LogP contribution in [-0.2, 0) is 21.3 Å². The first-order chi connectivity index (χ1) is 13.8. The number of hydrogen-bond donors (Lipinski definition) is 0. The van der Waals surface area contributed by atoms with Crippen LogP contribution < -0.4 is 0 Å². The lowest BCUT2D eigenvalue weighted by Gasteiger charge is -2.33. The number of sulfonamides is 1. The molecule has 158 valence electrons. The molecule has 1 atom stereocenters. The number of benzene rings is 1. The van der Waals surface area contributed by atoms with Crippen molar-refractivity contribution in [2.45, 2.75) is 37.6 Å². The van der Waals surface area contributed by atoms with Crippen LogP contribution in [0, 0.1) is 0 Å². The molecule has 7 nitrogen and oxygen atoms in total. The van der Waals surface area contributed by atoms with E-state index in [9.17, 15) is 13.2 Å². The zero-order chi connectivity index (χ0) is 21.0. The maximum absolute atomic E-state index is 13.0. The second-order valence-corrected chi connectivity index (χ2v) is 9.25. The molecule has 2 heterocycles. The van der Waals surface area contributed by atoms with Gasteiger partial charge in [0.15, 0.2) is 0 Å². The molecule has 0 spiro atoms. The van der Waals surface area contributed by atoms with Gasteiger partial charge in [-0.2, -0.15) is 4.31 Å². The second-order valence-electron chi connectivity index (χ2n) is 7.32. The lowest BCUT2D eigenvalue weighted by Crippen LogP contribution is -2.48. The van der Waals surface area contributed by atoms with Crippen LogP contribution in [0.25, 0.3) is 0 Å². The van der Waals surface area contributed by atoms with E-state index in [2.05, 4.69) is 23.5 Å². The molecule has 8 heteroatoms. The van der Waals surface area contributed by atoms with Gasteiger partial charge in [0.05, 0.1) is 18.6 Å². The molecular weight excluding hydrogens is 392 g/mol. The van der Waals surface area contributed by atoms with E-state index in [1.165, 1.54) is 11.4 Å². The summed E-state index contributed by atoms with van der Waals surface area (Å²) in [6.07, 6.45) is 1.02. The Kier molecular flexibility index (Phi) is 6.77. The smallest absolute Gasteiger partial charge is 0.373 e. The molecule has 1 aromatic carbocycles. The van der Waals surface area contributed by atoms with Crippen molar-refractivity contribution in [1.82, 2.24) is 9.21 Å². The molecular formula is C21H28N2O5S. The summed E-state index contributed by atoms with van der Waals surface area (Å²) < 4.78 is 37.6. The molecule has 1 aromatic heterocycles. The Labute approximate surface area is 172 Å². The maximum atomic E-state index is 13.0. The van der Waals surface area contributed by atoms with Crippen molar-refractivity contribution < 1.29 is 22.4 Å². The van der Waals surface area contributed by atoms with E-state index in [0.29, 0.717) is 49.3 Å². The van der Waals surface area contributed by atoms with E-state index < -0.39 is 16.0 Å². The fraction of sp³-hybridized carbons (Fsp3) is 0.476. The minimum absolute atomic E-state index is 0.171. The summed E-state index contributed by atoms with van der Waals surface area (Å²) >= 11 is 0. The summed E-state index contributed by atoms with van der Waals surface area (Å²) in [5.74, 6) is 0.731. The average molecular weight is 421 g/mol. The van der Waals surface area contributed by atoms with Gasteiger partial charge in [-0.1, -0.05) is 26.0 Å². The van der Waals surface area contributed by atoms with Crippen molar-refractivity contribution in [3.8, 4) is 0 Å². The highest BCUT2D eigenvalue weighted by Crippen LogP contribution is 2.23. The Balaban J connectivity index is 1.59. The van der Waals surface area contributed by atoms with Gasteiger partial charge in [-0.25, -0.2) is 13.2 Å². The number of rotatable bonds is 7. The zero-order valence-electron chi connectivity index (χ0n) is 17.1. The highest BCUT2D eigenvalue weighted by atomic mass is 32.2. The topological polar surface area (TPSA) is 80.1 Å². The summed E-state index contributed by atoms with van der Waals surface area (Å²) in [5.41, 5.74) is 1.15. The lowest BCUT2D eigenvalue weighted by molar-refractivity contribution is 0.0560. The van der Waals surface area contributed by atoms with Gasteiger partial charge in [0.1, 0.15) is 5.76 Å². The van der Waals surface area contributed by atoms with Crippen LogP contribution in [0.15, 0.2) is 45.7 Å². The minimum atomic E-state index is -3.50. The van der Waals surface area contributed by atoms with E-state index in [0.717, 1.165) is 12.0 Å². The number of carbonyl (C=O) groups is 1. The molecule has 29 heavy (non-hydrogen) atoms. The van der Waals surface area contributed by atoms with Crippen molar-refractivity contribution >= 4 is 16.0 Å². The highest BCUT2D eigenvalue weighted by molar-refractivity contribution is 7.89. The fourth-order valence-corrected chi connectivity index (χ4v) is 4.80. The Morgan fingerprint density at radius 2 is 1.76 bits per heavy atom. The first-order valence-electron chi connectivity index (χ1n) is 9.84. The standard InChI is InChI=1S/C21H28N2O5S/c1-4-16(2)17-5-8-19(9-6-17)29(25,26)23-13-11-22(12-14-23)15-18-7-10-20(28-18)21(24)27-3/h5-10,16H,4,11-15H2,1-3H3/t16-/m0/s1. The molecule has 2 aromatic rings. The minimum Gasteiger partial charge on any atom is -0.463 e. The summed E-state index contributed by atoms with van der Waals surface area (Å²) in [6, 6.07) is 10.6. The molecule has 0 radical (unpaired) electrons. The number of ether oxygens (including phenoxy) is 1. The first-order valence-corrected chi connectivity index (χ1v) is 11.3. The van der Waals surface area contributed by atoms with Crippen LogP contribution in [0.3, 0.4) is 0 Å². The Morgan fingerprint density at radius 3 is 2.34 bits per heavy atom. The van der Waals surface area contributed by atoms with Crippen molar-refractivity contribution in [1.29, 1.82) is 0 Å². The summed E-state index contributed by atoms with van der Waals surface area (Å²) in [4.78, 5) is 13.9. The molecule has 1 fully saturated rings. The second kappa shape index (κ2) is 9.11. The van der Waals surface area contributed by atoms with Crippen LogP contribution in [0.1, 0.15) is 48.1 Å². The molecule has 0 unspecified atom stereocenters. The third-order valence-corrected chi connectivity index (χ3v) is 7.37. The normalized spacial score (nSPS) is 17.2. The van der Waals surface area contributed by atoms with E-state index in [1.54, 1.807) is 24.3 Å². The Bertz CT molecular complexity index is 928. The van der Waals surface area contributed by atoms with Gasteiger partial charge in [-0.05, 0) is 42.2 Å². The van der Waals surface area contributed by atoms with Crippen molar-refractivity contribution in [2.75, 3.05) is 33.3 Å². The Hall–Kier alpha value is -2.16. The molecule has 0 amide bonds. The third kappa shape index (κ3) is 4.88. The zero-order valence-corrected chi connectivity index (χ0v) is 17.9. The average Bonchev–Trinajstić information content (AvgIpc) is 3.21. The van der Waals surface area contributed by atoms with Gasteiger partial charge in [0.2, 0.25) is 15.8 Å². The molecule has 0 aliphatic carbocycles. The summed E-state index contributed by atoms with van der Waals surface area (Å²) in [7, 11) is -2.19. The highest BCUT2D eigenvalue weighted by Gasteiger charge is 2.29. The third-order valence-electron chi connectivity index (χ3n) is 5.46. The van der Waals surface area contributed by atoms with Gasteiger partial charge in [0, 0.05) is 26.2 Å². The van der Waals surface area contributed by atoms with E-state index in [4.69, 9.17) is 4.42 Å². The monoisotopic (exact) mass is 420 g/mol. The predicted molar refractivity (Wildman–Crippen MR) is 109 cm³/mol. The van der Waals surface area contributed by atoms with Gasteiger partial charge in [-0.15, -0.1) is 0 Å². The molecule has 1 saturated heterocycles. The van der Waals surface area contributed by atoms with Crippen molar-refractivity contribution in [3.63, 3.8) is 0 Å². The van der Waals surface area contributed by atoms with E-state index in [1.807, 2.05) is 12.1 Å². The summed E-state index contributed by atoms with van der Waals surface area (Å²) in [5, 5.41) is 0. The molecule has 1 aliphatic heterocycles. The molecule has 0 bridgehead atoms. The number of piperazine rings is 1. The molecule has 0 saturated carbocycles. The van der Waals surface area contributed by atoms with Crippen LogP contribution in [0.2, 0.25) is 0 Å². The van der Waals surface area contributed by atoms with Gasteiger partial charge < -0.3 is 9.15 Å². The van der Waals surface area contributed by atoms with Crippen LogP contribution >= 0.6 is 0 Å². The number of furan rings is 1. The largest absolute Gasteiger partial charge is 0.463 e. The lowest BCUT2D eigenvalue weighted by atomic mass is 9.99. The van der Waals surface area contributed by atoms with E-state index >= 15 is 0 Å². The summed E-state index contributed by atoms with van der Waals surface area (Å²) in [6.45, 7) is 6.80. The predicted octanol–water partition coefficient (Wildman–Crippen LogP) is 3.09. The van der Waals surface area contributed by atoms with Crippen molar-refractivity contribution in [2.24, 2.45) is 0 Å². The maximum Gasteiger partial charge on any atom is 0.373 e. The number of methoxy groups -OCH3 is 1. The van der Waals surface area contributed by atoms with Crippen LogP contribution in [-0.4, -0.2) is 56.9 Å². The van der Waals surface area contributed by atoms with Gasteiger partial charge in [0.25, 0.3) is 0 Å². The quantitative estimate of drug-likeness (QED) is 0.641. The molecule has 0 N–H and O–H groups in total.